The Bertz CT molecular complexity index is 221. The average Bonchev–Trinajstić information content (AvgIpc) is 2.28. The Morgan fingerprint density at radius 1 is 1.62 bits per heavy atom. The first-order valence-corrected chi connectivity index (χ1v) is 6.21. The molecule has 2 amide bonds. The van der Waals surface area contributed by atoms with Crippen molar-refractivity contribution in [3.05, 3.63) is 0 Å². The van der Waals surface area contributed by atoms with Crippen molar-refractivity contribution in [3.8, 4) is 0 Å². The van der Waals surface area contributed by atoms with E-state index in [1.54, 1.807) is 7.11 Å². The molecule has 1 rings (SSSR count). The summed E-state index contributed by atoms with van der Waals surface area (Å²) in [5.74, 6) is 0.627. The molecule has 2 unspecified atom stereocenters. The number of nitrogens with zero attached hydrogens (tertiary/aromatic N) is 1. The summed E-state index contributed by atoms with van der Waals surface area (Å²) in [6.45, 7) is 6.62. The highest BCUT2D eigenvalue weighted by molar-refractivity contribution is 5.74. The van der Waals surface area contributed by atoms with E-state index in [1.807, 2.05) is 4.90 Å². The maximum atomic E-state index is 11.9. The lowest BCUT2D eigenvalue weighted by Crippen LogP contribution is -2.49. The first-order valence-electron chi connectivity index (χ1n) is 6.21. The van der Waals surface area contributed by atoms with Crippen molar-refractivity contribution in [2.24, 2.45) is 5.92 Å². The van der Waals surface area contributed by atoms with Crippen LogP contribution in [-0.2, 0) is 4.74 Å². The van der Waals surface area contributed by atoms with Crippen LogP contribution in [0.3, 0.4) is 0 Å². The van der Waals surface area contributed by atoms with Crippen LogP contribution >= 0.6 is 0 Å². The number of rotatable bonds is 4. The third-order valence-electron chi connectivity index (χ3n) is 3.13. The van der Waals surface area contributed by atoms with Crippen LogP contribution in [-0.4, -0.2) is 43.8 Å². The van der Waals surface area contributed by atoms with Gasteiger partial charge in [-0.3, -0.25) is 0 Å². The minimum absolute atomic E-state index is 0.0652. The van der Waals surface area contributed by atoms with Gasteiger partial charge in [0, 0.05) is 20.2 Å². The lowest BCUT2D eigenvalue weighted by atomic mass is 10.0. The highest BCUT2D eigenvalue weighted by Crippen LogP contribution is 2.15. The number of hydrogen-bond donors (Lipinski definition) is 1. The van der Waals surface area contributed by atoms with Gasteiger partial charge in [-0.1, -0.05) is 13.8 Å². The smallest absolute Gasteiger partial charge is 0.317 e. The van der Waals surface area contributed by atoms with Gasteiger partial charge in [0.2, 0.25) is 0 Å². The van der Waals surface area contributed by atoms with E-state index in [0.717, 1.165) is 25.9 Å². The predicted molar refractivity (Wildman–Crippen MR) is 64.5 cm³/mol. The molecule has 0 radical (unpaired) electrons. The minimum Gasteiger partial charge on any atom is -0.383 e. The number of urea groups is 1. The molecule has 0 aromatic rings. The Morgan fingerprint density at radius 2 is 2.38 bits per heavy atom. The third-order valence-corrected chi connectivity index (χ3v) is 3.13. The van der Waals surface area contributed by atoms with Crippen molar-refractivity contribution in [3.63, 3.8) is 0 Å². The summed E-state index contributed by atoms with van der Waals surface area (Å²) in [6, 6.07) is 0.199. The van der Waals surface area contributed by atoms with E-state index in [-0.39, 0.29) is 12.1 Å². The molecule has 0 bridgehead atoms. The normalized spacial score (nSPS) is 22.9. The van der Waals surface area contributed by atoms with Gasteiger partial charge in [0.25, 0.3) is 0 Å². The zero-order valence-electron chi connectivity index (χ0n) is 10.7. The Labute approximate surface area is 98.3 Å². The zero-order chi connectivity index (χ0) is 12.0. The fourth-order valence-electron chi connectivity index (χ4n) is 2.10. The fraction of sp³-hybridized carbons (Fsp3) is 0.917. The summed E-state index contributed by atoms with van der Waals surface area (Å²) in [5.41, 5.74) is 0. The molecule has 4 heteroatoms. The SMILES string of the molecule is CCC(COC)NC(=O)N1CCCC(C)C1. The van der Waals surface area contributed by atoms with E-state index < -0.39 is 0 Å². The number of likely N-dealkylation sites (tertiary alicyclic amines) is 1. The zero-order valence-corrected chi connectivity index (χ0v) is 10.7. The summed E-state index contributed by atoms with van der Waals surface area (Å²) < 4.78 is 5.07. The molecule has 4 nitrogen and oxygen atoms in total. The minimum atomic E-state index is 0.0652. The number of piperidine rings is 1. The Balaban J connectivity index is 2.37. The molecular formula is C12H24N2O2. The van der Waals surface area contributed by atoms with Gasteiger partial charge in [-0.25, -0.2) is 4.79 Å². The van der Waals surface area contributed by atoms with Gasteiger partial charge in [0.1, 0.15) is 0 Å². The maximum absolute atomic E-state index is 11.9. The summed E-state index contributed by atoms with van der Waals surface area (Å²) in [7, 11) is 1.66. The lowest BCUT2D eigenvalue weighted by molar-refractivity contribution is 0.142. The second-order valence-electron chi connectivity index (χ2n) is 4.70. The largest absolute Gasteiger partial charge is 0.383 e. The summed E-state index contributed by atoms with van der Waals surface area (Å²) in [4.78, 5) is 13.9. The molecule has 1 fully saturated rings. The lowest BCUT2D eigenvalue weighted by Gasteiger charge is -2.32. The van der Waals surface area contributed by atoms with Gasteiger partial charge in [-0.15, -0.1) is 0 Å². The number of carbonyl (C=O) groups is 1. The molecule has 1 heterocycles. The molecule has 0 saturated carbocycles. The number of carbonyl (C=O) groups excluding carboxylic acids is 1. The second kappa shape index (κ2) is 6.74. The first-order chi connectivity index (χ1) is 7.67. The van der Waals surface area contributed by atoms with Crippen molar-refractivity contribution >= 4 is 6.03 Å². The standard InChI is InChI=1S/C12H24N2O2/c1-4-11(9-16-3)13-12(15)14-7-5-6-10(2)8-14/h10-11H,4-9H2,1-3H3,(H,13,15). The molecule has 1 aliphatic rings. The van der Waals surface area contributed by atoms with E-state index in [0.29, 0.717) is 12.5 Å². The highest BCUT2D eigenvalue weighted by Gasteiger charge is 2.22. The molecule has 2 atom stereocenters. The van der Waals surface area contributed by atoms with Crippen LogP contribution < -0.4 is 5.32 Å². The molecule has 1 aliphatic heterocycles. The van der Waals surface area contributed by atoms with Crippen LogP contribution in [0.5, 0.6) is 0 Å². The van der Waals surface area contributed by atoms with Crippen molar-refractivity contribution < 1.29 is 9.53 Å². The van der Waals surface area contributed by atoms with Crippen molar-refractivity contribution in [2.75, 3.05) is 26.8 Å². The van der Waals surface area contributed by atoms with Gasteiger partial charge >= 0.3 is 6.03 Å². The van der Waals surface area contributed by atoms with E-state index in [2.05, 4.69) is 19.2 Å². The van der Waals surface area contributed by atoms with Crippen LogP contribution in [0, 0.1) is 5.92 Å². The van der Waals surface area contributed by atoms with Crippen LogP contribution in [0.15, 0.2) is 0 Å². The maximum Gasteiger partial charge on any atom is 0.317 e. The monoisotopic (exact) mass is 228 g/mol. The molecule has 94 valence electrons. The molecule has 0 spiro atoms. The van der Waals surface area contributed by atoms with Gasteiger partial charge < -0.3 is 15.0 Å². The fourth-order valence-corrected chi connectivity index (χ4v) is 2.10. The summed E-state index contributed by atoms with van der Waals surface area (Å²) in [6.07, 6.45) is 3.26. The number of methoxy groups -OCH3 is 1. The number of amides is 2. The predicted octanol–water partition coefficient (Wildman–Crippen LogP) is 1.85. The average molecular weight is 228 g/mol. The van der Waals surface area contributed by atoms with Gasteiger partial charge in [0.15, 0.2) is 0 Å². The number of ether oxygens (including phenoxy) is 1. The molecular weight excluding hydrogens is 204 g/mol. The van der Waals surface area contributed by atoms with Crippen molar-refractivity contribution in [1.29, 1.82) is 0 Å². The van der Waals surface area contributed by atoms with Crippen molar-refractivity contribution in [2.45, 2.75) is 39.2 Å². The molecule has 1 saturated heterocycles. The Morgan fingerprint density at radius 3 is 2.94 bits per heavy atom. The molecule has 0 aromatic heterocycles. The van der Waals surface area contributed by atoms with E-state index in [9.17, 15) is 4.79 Å². The summed E-state index contributed by atoms with van der Waals surface area (Å²) >= 11 is 0. The highest BCUT2D eigenvalue weighted by atomic mass is 16.5. The van der Waals surface area contributed by atoms with Crippen LogP contribution in [0.2, 0.25) is 0 Å². The topological polar surface area (TPSA) is 41.6 Å². The van der Waals surface area contributed by atoms with E-state index >= 15 is 0 Å². The second-order valence-corrected chi connectivity index (χ2v) is 4.70. The van der Waals surface area contributed by atoms with E-state index in [1.165, 1.54) is 6.42 Å². The number of hydrogen-bond acceptors (Lipinski definition) is 2. The van der Waals surface area contributed by atoms with Crippen LogP contribution in [0.25, 0.3) is 0 Å². The van der Waals surface area contributed by atoms with Crippen LogP contribution in [0.1, 0.15) is 33.1 Å². The molecule has 0 aliphatic carbocycles. The van der Waals surface area contributed by atoms with Gasteiger partial charge in [0.05, 0.1) is 12.6 Å². The van der Waals surface area contributed by atoms with Gasteiger partial charge in [-0.05, 0) is 25.2 Å². The quantitative estimate of drug-likeness (QED) is 0.798. The van der Waals surface area contributed by atoms with Gasteiger partial charge in [-0.2, -0.15) is 0 Å². The van der Waals surface area contributed by atoms with Crippen LogP contribution in [0.4, 0.5) is 4.79 Å². The molecule has 0 aromatic carbocycles. The molecule has 16 heavy (non-hydrogen) atoms. The number of nitrogens with one attached hydrogen (secondary N) is 1. The molecule has 1 N–H and O–H groups in total. The van der Waals surface area contributed by atoms with E-state index in [4.69, 9.17) is 4.74 Å². The first kappa shape index (κ1) is 13.3. The van der Waals surface area contributed by atoms with Crippen molar-refractivity contribution in [1.82, 2.24) is 10.2 Å². The Kier molecular flexibility index (Phi) is 5.60. The summed E-state index contributed by atoms with van der Waals surface area (Å²) in [5, 5.41) is 3.02. The Hall–Kier alpha value is -0.770. The third kappa shape index (κ3) is 4.00.